The fourth-order valence-corrected chi connectivity index (χ4v) is 6.13. The third-order valence-electron chi connectivity index (χ3n) is 7.69. The number of carbonyl (C=O) groups is 3. The summed E-state index contributed by atoms with van der Waals surface area (Å²) >= 11 is 0. The Kier molecular flexibility index (Phi) is 5.35. The van der Waals surface area contributed by atoms with Gasteiger partial charge in [-0.15, -0.1) is 6.58 Å². The zero-order chi connectivity index (χ0) is 23.6. The molecular formula is C24H34O7. The molecule has 2 fully saturated rings. The maximum Gasteiger partial charge on any atom is 0.303 e. The van der Waals surface area contributed by atoms with Gasteiger partial charge in [0.15, 0.2) is 17.5 Å². The summed E-state index contributed by atoms with van der Waals surface area (Å²) in [5.41, 5.74) is -5.76. The van der Waals surface area contributed by atoms with Crippen molar-refractivity contribution in [2.45, 2.75) is 96.7 Å². The van der Waals surface area contributed by atoms with E-state index >= 15 is 0 Å². The lowest BCUT2D eigenvalue weighted by Crippen LogP contribution is -2.81. The van der Waals surface area contributed by atoms with E-state index in [1.54, 1.807) is 26.8 Å². The summed E-state index contributed by atoms with van der Waals surface area (Å²) in [5.74, 6) is -1.50. The molecule has 0 unspecified atom stereocenters. The van der Waals surface area contributed by atoms with E-state index in [1.807, 2.05) is 13.8 Å². The quantitative estimate of drug-likeness (QED) is 0.538. The Morgan fingerprint density at radius 3 is 2.26 bits per heavy atom. The molecule has 7 nitrogen and oxygen atoms in total. The summed E-state index contributed by atoms with van der Waals surface area (Å²) < 4.78 is 17.7. The predicted octanol–water partition coefficient (Wildman–Crippen LogP) is 3.04. The van der Waals surface area contributed by atoms with Crippen LogP contribution in [0.4, 0.5) is 0 Å². The van der Waals surface area contributed by atoms with Crippen LogP contribution in [0.1, 0.15) is 67.7 Å². The highest BCUT2D eigenvalue weighted by Gasteiger charge is 2.77. The average molecular weight is 435 g/mol. The van der Waals surface area contributed by atoms with Gasteiger partial charge in [0.2, 0.25) is 0 Å². The highest BCUT2D eigenvalue weighted by atomic mass is 16.6. The van der Waals surface area contributed by atoms with Gasteiger partial charge in [0.25, 0.3) is 0 Å². The molecule has 3 aliphatic rings. The molecule has 1 aliphatic heterocycles. The van der Waals surface area contributed by atoms with Crippen molar-refractivity contribution in [3.8, 4) is 0 Å². The van der Waals surface area contributed by atoms with Crippen LogP contribution in [0.3, 0.4) is 0 Å². The standard InChI is InChI=1S/C24H34O7/c1-9-21(6)13-17(27)24(28)22(7)16(12-19(30-15(3)26)23(24,8)31-21)20(4,5)11-10-18(22)29-14(2)25/h9,12,18-19,28H,1,10-11,13H2,2-8H3/t18-,19-,21-,22+,23+,24-/m0/s1. The molecule has 0 amide bonds. The number of esters is 2. The lowest BCUT2D eigenvalue weighted by atomic mass is 9.44. The monoisotopic (exact) mass is 434 g/mol. The Balaban J connectivity index is 2.36. The fourth-order valence-electron chi connectivity index (χ4n) is 6.13. The first-order valence-corrected chi connectivity index (χ1v) is 10.7. The number of rotatable bonds is 3. The van der Waals surface area contributed by atoms with Crippen LogP contribution in [0.2, 0.25) is 0 Å². The number of hydrogen-bond donors (Lipinski definition) is 1. The van der Waals surface area contributed by atoms with E-state index in [1.165, 1.54) is 19.9 Å². The Bertz CT molecular complexity index is 873. The molecule has 0 radical (unpaired) electrons. The van der Waals surface area contributed by atoms with Crippen molar-refractivity contribution in [3.05, 3.63) is 24.3 Å². The van der Waals surface area contributed by atoms with Crippen LogP contribution in [0, 0.1) is 10.8 Å². The van der Waals surface area contributed by atoms with Gasteiger partial charge in [0, 0.05) is 20.3 Å². The summed E-state index contributed by atoms with van der Waals surface area (Å²) in [5, 5.41) is 12.4. The first-order valence-electron chi connectivity index (χ1n) is 10.7. The summed E-state index contributed by atoms with van der Waals surface area (Å²) in [6, 6.07) is 0. The van der Waals surface area contributed by atoms with Gasteiger partial charge in [-0.25, -0.2) is 0 Å². The lowest BCUT2D eigenvalue weighted by Gasteiger charge is -2.67. The third kappa shape index (κ3) is 3.11. The molecule has 1 saturated heterocycles. The van der Waals surface area contributed by atoms with E-state index in [2.05, 4.69) is 6.58 Å². The number of Topliss-reactive ketones (excluding diaryl/α,β-unsaturated/α-hetero) is 1. The molecule has 0 spiro atoms. The van der Waals surface area contributed by atoms with Crippen molar-refractivity contribution in [1.82, 2.24) is 0 Å². The summed E-state index contributed by atoms with van der Waals surface area (Å²) in [4.78, 5) is 37.7. The summed E-state index contributed by atoms with van der Waals surface area (Å²) in [6.07, 6.45) is 2.59. The molecular weight excluding hydrogens is 400 g/mol. The van der Waals surface area contributed by atoms with Crippen LogP contribution in [-0.4, -0.2) is 51.8 Å². The van der Waals surface area contributed by atoms with E-state index in [4.69, 9.17) is 14.2 Å². The number of hydrogen-bond acceptors (Lipinski definition) is 7. The first-order chi connectivity index (χ1) is 14.1. The molecule has 0 aromatic rings. The van der Waals surface area contributed by atoms with Crippen LogP contribution in [0.15, 0.2) is 24.3 Å². The third-order valence-corrected chi connectivity index (χ3v) is 7.69. The number of carbonyl (C=O) groups excluding carboxylic acids is 3. The van der Waals surface area contributed by atoms with Crippen molar-refractivity contribution in [3.63, 3.8) is 0 Å². The van der Waals surface area contributed by atoms with Gasteiger partial charge in [-0.05, 0) is 45.1 Å². The lowest BCUT2D eigenvalue weighted by molar-refractivity contribution is -0.306. The fraction of sp³-hybridized carbons (Fsp3) is 0.708. The molecule has 0 aromatic heterocycles. The Morgan fingerprint density at radius 1 is 1.16 bits per heavy atom. The number of ether oxygens (including phenoxy) is 3. The van der Waals surface area contributed by atoms with Crippen LogP contribution < -0.4 is 0 Å². The average Bonchev–Trinajstić information content (AvgIpc) is 2.63. The Labute approximate surface area is 183 Å². The van der Waals surface area contributed by atoms with Gasteiger partial charge < -0.3 is 19.3 Å². The van der Waals surface area contributed by atoms with Crippen LogP contribution in [-0.2, 0) is 28.6 Å². The second kappa shape index (κ2) is 7.01. The van der Waals surface area contributed by atoms with Gasteiger partial charge in [-0.3, -0.25) is 14.4 Å². The maximum atomic E-state index is 13.8. The minimum atomic E-state index is -2.11. The largest absolute Gasteiger partial charge is 0.462 e. The van der Waals surface area contributed by atoms with Crippen LogP contribution in [0.5, 0.6) is 0 Å². The highest BCUT2D eigenvalue weighted by Crippen LogP contribution is 2.65. The predicted molar refractivity (Wildman–Crippen MR) is 113 cm³/mol. The molecule has 0 bridgehead atoms. The Hall–Kier alpha value is -1.99. The first kappa shape index (κ1) is 23.7. The zero-order valence-electron chi connectivity index (χ0n) is 19.5. The van der Waals surface area contributed by atoms with Crippen LogP contribution >= 0.6 is 0 Å². The van der Waals surface area contributed by atoms with Gasteiger partial charge in [0.05, 0.1) is 11.0 Å². The van der Waals surface area contributed by atoms with E-state index in [0.29, 0.717) is 12.8 Å². The van der Waals surface area contributed by atoms with Gasteiger partial charge >= 0.3 is 11.9 Å². The molecule has 1 N–H and O–H groups in total. The van der Waals surface area contributed by atoms with Crippen molar-refractivity contribution < 1.29 is 33.7 Å². The summed E-state index contributed by atoms with van der Waals surface area (Å²) in [7, 11) is 0. The van der Waals surface area contributed by atoms with Crippen molar-refractivity contribution in [2.24, 2.45) is 10.8 Å². The van der Waals surface area contributed by atoms with E-state index in [0.717, 1.165) is 5.57 Å². The van der Waals surface area contributed by atoms with Crippen LogP contribution in [0.25, 0.3) is 0 Å². The van der Waals surface area contributed by atoms with E-state index in [-0.39, 0.29) is 6.42 Å². The number of aliphatic hydroxyl groups is 1. The smallest absolute Gasteiger partial charge is 0.303 e. The second-order valence-corrected chi connectivity index (χ2v) is 10.4. The summed E-state index contributed by atoms with van der Waals surface area (Å²) in [6.45, 7) is 15.5. The molecule has 0 aromatic carbocycles. The van der Waals surface area contributed by atoms with E-state index < -0.39 is 57.6 Å². The topological polar surface area (TPSA) is 99.1 Å². The second-order valence-electron chi connectivity index (χ2n) is 10.4. The molecule has 1 saturated carbocycles. The maximum absolute atomic E-state index is 13.8. The Morgan fingerprint density at radius 2 is 1.74 bits per heavy atom. The minimum absolute atomic E-state index is 0.106. The molecule has 7 heteroatoms. The van der Waals surface area contributed by atoms with Gasteiger partial charge in [-0.2, -0.15) is 0 Å². The molecule has 6 atom stereocenters. The van der Waals surface area contributed by atoms with Gasteiger partial charge in [0.1, 0.15) is 11.7 Å². The van der Waals surface area contributed by atoms with Crippen molar-refractivity contribution in [1.29, 1.82) is 0 Å². The molecule has 172 valence electrons. The minimum Gasteiger partial charge on any atom is -0.462 e. The molecule has 31 heavy (non-hydrogen) atoms. The zero-order valence-corrected chi connectivity index (χ0v) is 19.5. The SMILES string of the molecule is C=C[C@@]1(C)CC(=O)[C@@]2(O)[C@](C)(O1)[C@@H](OC(C)=O)C=C1C(C)(C)CC[C@H](OC(C)=O)[C@@]12C. The van der Waals surface area contributed by atoms with E-state index in [9.17, 15) is 19.5 Å². The number of ketones is 1. The van der Waals surface area contributed by atoms with Gasteiger partial charge in [-0.1, -0.05) is 25.5 Å². The number of fused-ring (bicyclic) bond motifs is 3. The highest BCUT2D eigenvalue weighted by molar-refractivity contribution is 5.93. The van der Waals surface area contributed by atoms with Crippen molar-refractivity contribution >= 4 is 17.7 Å². The van der Waals surface area contributed by atoms with Crippen molar-refractivity contribution in [2.75, 3.05) is 0 Å². The molecule has 2 aliphatic carbocycles. The normalized spacial score (nSPS) is 43.7. The molecule has 3 rings (SSSR count). The molecule has 1 heterocycles.